The molecule has 0 fully saturated rings. The Kier molecular flexibility index (Phi) is 5.20. The number of aryl methyl sites for hydroxylation is 1. The zero-order valence-electron chi connectivity index (χ0n) is 13.3. The zero-order valence-corrected chi connectivity index (χ0v) is 16.1. The number of ether oxygens (including phenoxy) is 1. The normalized spacial score (nSPS) is 10.6. The van der Waals surface area contributed by atoms with E-state index in [-0.39, 0.29) is 44.9 Å². The summed E-state index contributed by atoms with van der Waals surface area (Å²) in [6.45, 7) is 2.09. The number of H-pyrrole nitrogens is 1. The Morgan fingerprint density at radius 2 is 2.12 bits per heavy atom. The van der Waals surface area contributed by atoms with Gasteiger partial charge in [-0.1, -0.05) is 12.5 Å². The maximum atomic E-state index is 14.1. The molecule has 4 aromatic rings. The predicted octanol–water partition coefficient (Wildman–Crippen LogP) is 2.34. The molecule has 0 bridgehead atoms. The first-order chi connectivity index (χ1) is 11.7. The minimum Gasteiger partial charge on any atom is -0.484 e. The summed E-state index contributed by atoms with van der Waals surface area (Å²) in [6.07, 6.45) is 3.12. The van der Waals surface area contributed by atoms with Gasteiger partial charge in [0.2, 0.25) is 0 Å². The Labute approximate surface area is 167 Å². The molecule has 3 heterocycles. The van der Waals surface area contributed by atoms with Crippen LogP contribution in [-0.4, -0.2) is 29.8 Å². The van der Waals surface area contributed by atoms with Crippen molar-refractivity contribution >= 4 is 5.65 Å². The molecule has 0 amide bonds. The molecule has 0 saturated heterocycles. The van der Waals surface area contributed by atoms with E-state index in [1.807, 2.05) is 6.92 Å². The van der Waals surface area contributed by atoms with Crippen LogP contribution in [0.25, 0.3) is 17.0 Å². The summed E-state index contributed by atoms with van der Waals surface area (Å²) in [6, 6.07) is 9.55. The van der Waals surface area contributed by atoms with Gasteiger partial charge in [-0.25, -0.2) is 4.98 Å². The molecule has 1 aromatic carbocycles. The van der Waals surface area contributed by atoms with E-state index < -0.39 is 5.82 Å². The molecule has 25 heavy (non-hydrogen) atoms. The number of benzene rings is 1. The Morgan fingerprint density at radius 3 is 2.92 bits per heavy atom. The number of hydrogen-bond donors (Lipinski definition) is 1. The number of aromatic nitrogens is 6. The second kappa shape index (κ2) is 7.37. The van der Waals surface area contributed by atoms with Gasteiger partial charge in [0.15, 0.2) is 11.5 Å². The maximum absolute atomic E-state index is 14.1. The first-order valence-corrected chi connectivity index (χ1v) is 7.21. The van der Waals surface area contributed by atoms with Crippen LogP contribution in [0.3, 0.4) is 0 Å². The van der Waals surface area contributed by atoms with E-state index >= 15 is 0 Å². The molecule has 0 unspecified atom stereocenters. The molecule has 123 valence electrons. The summed E-state index contributed by atoms with van der Waals surface area (Å²) in [7, 11) is 0. The molecular formula is C16H12FN6OY-. The molecule has 1 N–H and O–H groups in total. The van der Waals surface area contributed by atoms with Gasteiger partial charge in [-0.3, -0.25) is 9.49 Å². The van der Waals surface area contributed by atoms with Crippen molar-refractivity contribution in [3.63, 3.8) is 0 Å². The maximum Gasteiger partial charge on any atom is 0.162 e. The van der Waals surface area contributed by atoms with Gasteiger partial charge in [0.05, 0.1) is 5.82 Å². The minimum absolute atomic E-state index is 0. The van der Waals surface area contributed by atoms with Gasteiger partial charge in [0.1, 0.15) is 18.7 Å². The van der Waals surface area contributed by atoms with E-state index in [0.29, 0.717) is 23.0 Å². The van der Waals surface area contributed by atoms with Gasteiger partial charge in [0.25, 0.3) is 0 Å². The first-order valence-electron chi connectivity index (χ1n) is 7.21. The molecule has 4 rings (SSSR count). The summed E-state index contributed by atoms with van der Waals surface area (Å²) in [5.41, 5.74) is 1.68. The molecule has 0 aliphatic rings. The number of hydrogen-bond acceptors (Lipinski definition) is 5. The number of nitrogens with one attached hydrogen (secondary N) is 1. The fourth-order valence-corrected chi connectivity index (χ4v) is 2.32. The van der Waals surface area contributed by atoms with Crippen LogP contribution in [0, 0.1) is 18.8 Å². The SMILES string of the molecule is Cc1[c-]c(-c2nnc3ccc(OCc4ncn[nH]4)cn23)c(F)cc1.[Y]. The van der Waals surface area contributed by atoms with Crippen LogP contribution in [0.15, 0.2) is 36.8 Å². The largest absolute Gasteiger partial charge is 0.484 e. The monoisotopic (exact) mass is 412 g/mol. The number of nitrogens with zero attached hydrogens (tertiary/aromatic N) is 5. The van der Waals surface area contributed by atoms with Crippen LogP contribution in [-0.2, 0) is 39.3 Å². The topological polar surface area (TPSA) is 81.0 Å². The quantitative estimate of drug-likeness (QED) is 0.521. The van der Waals surface area contributed by atoms with Crippen molar-refractivity contribution < 1.29 is 41.8 Å². The molecule has 0 atom stereocenters. The number of rotatable bonds is 4. The molecule has 0 saturated carbocycles. The molecule has 9 heteroatoms. The van der Waals surface area contributed by atoms with Gasteiger partial charge >= 0.3 is 0 Å². The smallest absolute Gasteiger partial charge is 0.162 e. The van der Waals surface area contributed by atoms with Crippen molar-refractivity contribution in [2.24, 2.45) is 0 Å². The Bertz CT molecular complexity index is 1000. The summed E-state index contributed by atoms with van der Waals surface area (Å²) < 4.78 is 21.5. The van der Waals surface area contributed by atoms with Crippen LogP contribution in [0.1, 0.15) is 11.4 Å². The fraction of sp³-hybridized carbons (Fsp3) is 0.125. The third-order valence-corrected chi connectivity index (χ3v) is 3.48. The second-order valence-electron chi connectivity index (χ2n) is 5.20. The predicted molar refractivity (Wildman–Crippen MR) is 82.7 cm³/mol. The van der Waals surface area contributed by atoms with Gasteiger partial charge < -0.3 is 9.14 Å². The summed E-state index contributed by atoms with van der Waals surface area (Å²) in [5, 5.41) is 14.6. The average molecular weight is 412 g/mol. The summed E-state index contributed by atoms with van der Waals surface area (Å²) >= 11 is 0. The van der Waals surface area contributed by atoms with E-state index in [1.54, 1.807) is 28.8 Å². The third-order valence-electron chi connectivity index (χ3n) is 3.48. The Balaban J connectivity index is 0.00000182. The van der Waals surface area contributed by atoms with Crippen molar-refractivity contribution in [3.05, 3.63) is 60.1 Å². The minimum atomic E-state index is -0.400. The number of fused-ring (bicyclic) bond motifs is 1. The van der Waals surface area contributed by atoms with E-state index in [2.05, 4.69) is 31.4 Å². The van der Waals surface area contributed by atoms with E-state index in [1.165, 1.54) is 12.4 Å². The standard InChI is InChI=1S/C16H12FN6O.Y/c1-10-2-4-13(17)12(6-10)16-22-21-15-5-3-11(7-23(15)16)24-8-14-18-9-19-20-14;/h2-5,7,9H,8H2,1H3,(H,18,19,20);/q-1;. The van der Waals surface area contributed by atoms with E-state index in [4.69, 9.17) is 4.74 Å². The van der Waals surface area contributed by atoms with Crippen molar-refractivity contribution in [3.8, 4) is 17.1 Å². The van der Waals surface area contributed by atoms with Crippen LogP contribution in [0.4, 0.5) is 4.39 Å². The second-order valence-corrected chi connectivity index (χ2v) is 5.20. The van der Waals surface area contributed by atoms with Gasteiger partial charge in [0, 0.05) is 44.7 Å². The van der Waals surface area contributed by atoms with Gasteiger partial charge in [-0.2, -0.15) is 10.2 Å². The number of pyridine rings is 1. The first kappa shape index (κ1) is 17.6. The summed E-state index contributed by atoms with van der Waals surface area (Å²) in [5.74, 6) is 1.16. The number of aromatic amines is 1. The molecule has 0 aliphatic heterocycles. The Morgan fingerprint density at radius 1 is 1.24 bits per heavy atom. The van der Waals surface area contributed by atoms with E-state index in [0.717, 1.165) is 5.56 Å². The molecule has 7 nitrogen and oxygen atoms in total. The van der Waals surface area contributed by atoms with Crippen LogP contribution >= 0.6 is 0 Å². The van der Waals surface area contributed by atoms with Crippen molar-refractivity contribution in [1.29, 1.82) is 0 Å². The molecule has 1 radical (unpaired) electrons. The van der Waals surface area contributed by atoms with Crippen molar-refractivity contribution in [2.75, 3.05) is 0 Å². The number of halogens is 1. The molecule has 3 aromatic heterocycles. The van der Waals surface area contributed by atoms with Crippen molar-refractivity contribution in [1.82, 2.24) is 29.8 Å². The fourth-order valence-electron chi connectivity index (χ4n) is 2.32. The van der Waals surface area contributed by atoms with Crippen LogP contribution in [0.5, 0.6) is 5.75 Å². The average Bonchev–Trinajstić information content (AvgIpc) is 3.24. The molecular weight excluding hydrogens is 400 g/mol. The zero-order chi connectivity index (χ0) is 16.5. The summed E-state index contributed by atoms with van der Waals surface area (Å²) in [4.78, 5) is 3.99. The van der Waals surface area contributed by atoms with Gasteiger partial charge in [-0.05, 0) is 12.1 Å². The van der Waals surface area contributed by atoms with Crippen LogP contribution in [0.2, 0.25) is 0 Å². The van der Waals surface area contributed by atoms with Crippen LogP contribution < -0.4 is 4.74 Å². The molecule has 0 spiro atoms. The van der Waals surface area contributed by atoms with Crippen molar-refractivity contribution in [2.45, 2.75) is 13.5 Å². The Hall–Kier alpha value is -2.19. The van der Waals surface area contributed by atoms with E-state index in [9.17, 15) is 4.39 Å². The molecule has 0 aliphatic carbocycles. The third kappa shape index (κ3) is 3.59. The van der Waals surface area contributed by atoms with Gasteiger partial charge in [-0.15, -0.1) is 28.9 Å².